The molecule has 17 heavy (non-hydrogen) atoms. The van der Waals surface area contributed by atoms with Crippen molar-refractivity contribution in [2.75, 3.05) is 17.3 Å². The predicted molar refractivity (Wildman–Crippen MR) is 69.5 cm³/mol. The Morgan fingerprint density at radius 1 is 1.29 bits per heavy atom. The van der Waals surface area contributed by atoms with E-state index >= 15 is 0 Å². The Hall–Kier alpha value is -1.36. The fourth-order valence-corrected chi connectivity index (χ4v) is 2.46. The highest BCUT2D eigenvalue weighted by Gasteiger charge is 2.20. The van der Waals surface area contributed by atoms with Gasteiger partial charge in [0.1, 0.15) is 18.0 Å². The third-order valence-corrected chi connectivity index (χ3v) is 3.65. The van der Waals surface area contributed by atoms with Crippen molar-refractivity contribution in [3.05, 3.63) is 12.4 Å². The van der Waals surface area contributed by atoms with E-state index in [0.717, 1.165) is 24.2 Å². The SMILES string of the molecule is CC1CCCCC1CNc1cc(NN)ncn1. The molecular weight excluding hydrogens is 214 g/mol. The lowest BCUT2D eigenvalue weighted by atomic mass is 9.80. The first-order chi connectivity index (χ1) is 8.29. The molecule has 0 spiro atoms. The number of nitrogen functional groups attached to an aromatic ring is 1. The molecule has 0 aliphatic heterocycles. The van der Waals surface area contributed by atoms with E-state index in [0.29, 0.717) is 5.82 Å². The largest absolute Gasteiger partial charge is 0.370 e. The molecule has 0 aromatic carbocycles. The molecule has 2 unspecified atom stereocenters. The summed E-state index contributed by atoms with van der Waals surface area (Å²) in [6.45, 7) is 3.33. The minimum Gasteiger partial charge on any atom is -0.370 e. The monoisotopic (exact) mass is 235 g/mol. The maximum absolute atomic E-state index is 5.31. The van der Waals surface area contributed by atoms with Gasteiger partial charge in [-0.25, -0.2) is 15.8 Å². The molecular formula is C12H21N5. The second kappa shape index (κ2) is 5.82. The van der Waals surface area contributed by atoms with Crippen molar-refractivity contribution in [1.82, 2.24) is 9.97 Å². The Balaban J connectivity index is 1.88. The molecule has 5 heteroatoms. The summed E-state index contributed by atoms with van der Waals surface area (Å²) in [4.78, 5) is 8.16. The van der Waals surface area contributed by atoms with Crippen LogP contribution in [0.25, 0.3) is 0 Å². The van der Waals surface area contributed by atoms with Crippen molar-refractivity contribution in [1.29, 1.82) is 0 Å². The van der Waals surface area contributed by atoms with Gasteiger partial charge in [-0.3, -0.25) is 0 Å². The van der Waals surface area contributed by atoms with Gasteiger partial charge in [-0.05, 0) is 18.3 Å². The molecule has 1 aliphatic rings. The van der Waals surface area contributed by atoms with Crippen molar-refractivity contribution in [3.63, 3.8) is 0 Å². The summed E-state index contributed by atoms with van der Waals surface area (Å²) in [5.74, 6) is 8.36. The molecule has 1 fully saturated rings. The number of nitrogens with two attached hydrogens (primary N) is 1. The number of nitrogens with one attached hydrogen (secondary N) is 2. The molecule has 2 rings (SSSR count). The number of aromatic nitrogens is 2. The van der Waals surface area contributed by atoms with E-state index in [1.807, 2.05) is 6.07 Å². The van der Waals surface area contributed by atoms with Crippen molar-refractivity contribution >= 4 is 11.6 Å². The normalized spacial score (nSPS) is 24.4. The van der Waals surface area contributed by atoms with Crippen LogP contribution in [0.15, 0.2) is 12.4 Å². The first-order valence-corrected chi connectivity index (χ1v) is 6.32. The van der Waals surface area contributed by atoms with Crippen molar-refractivity contribution in [2.24, 2.45) is 17.7 Å². The first-order valence-electron chi connectivity index (χ1n) is 6.32. The van der Waals surface area contributed by atoms with Crippen LogP contribution in [-0.2, 0) is 0 Å². The smallest absolute Gasteiger partial charge is 0.145 e. The minimum atomic E-state index is 0.638. The summed E-state index contributed by atoms with van der Waals surface area (Å²) in [7, 11) is 0. The molecule has 5 nitrogen and oxygen atoms in total. The summed E-state index contributed by atoms with van der Waals surface area (Å²) in [5.41, 5.74) is 2.52. The molecule has 0 radical (unpaired) electrons. The standard InChI is InChI=1S/C12H21N5/c1-9-4-2-3-5-10(9)7-14-11-6-12(17-13)16-8-15-11/h6,8-10H,2-5,7,13H2,1H3,(H2,14,15,16,17). The fourth-order valence-electron chi connectivity index (χ4n) is 2.46. The molecule has 0 saturated heterocycles. The molecule has 0 amide bonds. The zero-order chi connectivity index (χ0) is 12.1. The van der Waals surface area contributed by atoms with E-state index in [1.54, 1.807) is 0 Å². The molecule has 1 aliphatic carbocycles. The van der Waals surface area contributed by atoms with Crippen LogP contribution in [0.1, 0.15) is 32.6 Å². The molecule has 4 N–H and O–H groups in total. The molecule has 1 heterocycles. The number of hydrogen-bond acceptors (Lipinski definition) is 5. The maximum Gasteiger partial charge on any atom is 0.145 e. The highest BCUT2D eigenvalue weighted by molar-refractivity contribution is 5.45. The van der Waals surface area contributed by atoms with Crippen molar-refractivity contribution in [2.45, 2.75) is 32.6 Å². The lowest BCUT2D eigenvalue weighted by Crippen LogP contribution is -2.24. The van der Waals surface area contributed by atoms with Gasteiger partial charge >= 0.3 is 0 Å². The van der Waals surface area contributed by atoms with Crippen molar-refractivity contribution < 1.29 is 0 Å². The maximum atomic E-state index is 5.31. The summed E-state index contributed by atoms with van der Waals surface area (Å²) in [6, 6.07) is 1.83. The number of nitrogens with zero attached hydrogens (tertiary/aromatic N) is 2. The number of rotatable bonds is 4. The molecule has 1 aromatic rings. The lowest BCUT2D eigenvalue weighted by molar-refractivity contribution is 0.268. The summed E-state index contributed by atoms with van der Waals surface area (Å²) in [6.07, 6.45) is 6.93. The predicted octanol–water partition coefficient (Wildman–Crippen LogP) is 2.00. The third-order valence-electron chi connectivity index (χ3n) is 3.65. The van der Waals surface area contributed by atoms with E-state index < -0.39 is 0 Å². The average molecular weight is 235 g/mol. The average Bonchev–Trinajstić information content (AvgIpc) is 2.38. The number of anilines is 2. The quantitative estimate of drug-likeness (QED) is 0.549. The van der Waals surface area contributed by atoms with E-state index in [4.69, 9.17) is 5.84 Å². The van der Waals surface area contributed by atoms with Crippen LogP contribution in [-0.4, -0.2) is 16.5 Å². The Kier molecular flexibility index (Phi) is 4.14. The molecule has 1 aromatic heterocycles. The fraction of sp³-hybridized carbons (Fsp3) is 0.667. The van der Waals surface area contributed by atoms with Crippen LogP contribution in [0.4, 0.5) is 11.6 Å². The van der Waals surface area contributed by atoms with Gasteiger partial charge in [-0.15, -0.1) is 0 Å². The zero-order valence-corrected chi connectivity index (χ0v) is 10.3. The Morgan fingerprint density at radius 3 is 2.82 bits per heavy atom. The number of hydrogen-bond donors (Lipinski definition) is 3. The molecule has 94 valence electrons. The first kappa shape index (κ1) is 12.1. The van der Waals surface area contributed by atoms with E-state index in [2.05, 4.69) is 27.6 Å². The Labute approximate surface area is 102 Å². The minimum absolute atomic E-state index is 0.638. The zero-order valence-electron chi connectivity index (χ0n) is 10.3. The van der Waals surface area contributed by atoms with E-state index in [-0.39, 0.29) is 0 Å². The second-order valence-corrected chi connectivity index (χ2v) is 4.84. The molecule has 2 atom stereocenters. The summed E-state index contributed by atoms with van der Waals surface area (Å²) < 4.78 is 0. The lowest BCUT2D eigenvalue weighted by Gasteiger charge is -2.28. The van der Waals surface area contributed by atoms with E-state index in [1.165, 1.54) is 32.0 Å². The van der Waals surface area contributed by atoms with Gasteiger partial charge in [0.2, 0.25) is 0 Å². The van der Waals surface area contributed by atoms with Gasteiger partial charge < -0.3 is 10.7 Å². The van der Waals surface area contributed by atoms with Gasteiger partial charge in [-0.1, -0.05) is 26.2 Å². The van der Waals surface area contributed by atoms with Crippen LogP contribution in [0.5, 0.6) is 0 Å². The van der Waals surface area contributed by atoms with Gasteiger partial charge in [0.15, 0.2) is 0 Å². The highest BCUT2D eigenvalue weighted by Crippen LogP contribution is 2.29. The Morgan fingerprint density at radius 2 is 2.06 bits per heavy atom. The van der Waals surface area contributed by atoms with Crippen LogP contribution in [0.3, 0.4) is 0 Å². The summed E-state index contributed by atoms with van der Waals surface area (Å²) >= 11 is 0. The Bertz CT molecular complexity index is 355. The number of hydrazine groups is 1. The van der Waals surface area contributed by atoms with Crippen molar-refractivity contribution in [3.8, 4) is 0 Å². The van der Waals surface area contributed by atoms with Gasteiger partial charge in [0.05, 0.1) is 0 Å². The molecule has 0 bridgehead atoms. The van der Waals surface area contributed by atoms with Crippen LogP contribution >= 0.6 is 0 Å². The van der Waals surface area contributed by atoms with Gasteiger partial charge in [0, 0.05) is 12.6 Å². The third kappa shape index (κ3) is 3.30. The summed E-state index contributed by atoms with van der Waals surface area (Å²) in [5, 5.41) is 3.37. The highest BCUT2D eigenvalue weighted by atomic mass is 15.3. The van der Waals surface area contributed by atoms with Gasteiger partial charge in [0.25, 0.3) is 0 Å². The van der Waals surface area contributed by atoms with E-state index in [9.17, 15) is 0 Å². The molecule has 1 saturated carbocycles. The van der Waals surface area contributed by atoms with Crippen LogP contribution in [0.2, 0.25) is 0 Å². The van der Waals surface area contributed by atoms with Crippen LogP contribution in [0, 0.1) is 11.8 Å². The second-order valence-electron chi connectivity index (χ2n) is 4.84. The van der Waals surface area contributed by atoms with Crippen LogP contribution < -0.4 is 16.6 Å². The van der Waals surface area contributed by atoms with Gasteiger partial charge in [-0.2, -0.15) is 0 Å². The topological polar surface area (TPSA) is 75.9 Å².